The van der Waals surface area contributed by atoms with Crippen molar-refractivity contribution in [2.24, 2.45) is 0 Å². The molecule has 0 amide bonds. The van der Waals surface area contributed by atoms with Crippen LogP contribution in [-0.2, 0) is 6.42 Å². The van der Waals surface area contributed by atoms with Crippen molar-refractivity contribution in [2.45, 2.75) is 12.3 Å². The van der Waals surface area contributed by atoms with E-state index in [0.29, 0.717) is 18.5 Å². The van der Waals surface area contributed by atoms with Crippen molar-refractivity contribution >= 4 is 11.6 Å². The lowest BCUT2D eigenvalue weighted by Gasteiger charge is -2.18. The Hall–Kier alpha value is -1.45. The van der Waals surface area contributed by atoms with Crippen molar-refractivity contribution in [2.75, 3.05) is 13.6 Å². The van der Waals surface area contributed by atoms with Gasteiger partial charge >= 0.3 is 0 Å². The van der Waals surface area contributed by atoms with Gasteiger partial charge in [-0.05, 0) is 42.8 Å². The summed E-state index contributed by atoms with van der Waals surface area (Å²) in [6.07, 6.45) is 0.513. The standard InChI is InChI=1S/C16H16ClF2N/c1-20-10-13(11-5-7-14(18)8-6-11)9-12-3-2-4-15(17)16(12)19/h2-8,13,20H,9-10H2,1H3. The molecule has 1 unspecified atom stereocenters. The second-order valence-corrected chi connectivity index (χ2v) is 5.13. The van der Waals surface area contributed by atoms with Crippen LogP contribution >= 0.6 is 11.6 Å². The topological polar surface area (TPSA) is 12.0 Å². The fraction of sp³-hybridized carbons (Fsp3) is 0.250. The molecule has 2 aromatic rings. The van der Waals surface area contributed by atoms with Gasteiger partial charge in [0.05, 0.1) is 5.02 Å². The van der Waals surface area contributed by atoms with Gasteiger partial charge in [0.15, 0.2) is 0 Å². The number of likely N-dealkylation sites (N-methyl/N-ethyl adjacent to an activating group) is 1. The average molecular weight is 296 g/mol. The van der Waals surface area contributed by atoms with E-state index in [1.807, 2.05) is 7.05 Å². The van der Waals surface area contributed by atoms with Gasteiger partial charge in [-0.25, -0.2) is 8.78 Å². The molecule has 2 aromatic carbocycles. The van der Waals surface area contributed by atoms with Crippen molar-refractivity contribution in [3.63, 3.8) is 0 Å². The molecule has 0 heterocycles. The third-order valence-corrected chi connectivity index (χ3v) is 3.58. The van der Waals surface area contributed by atoms with Crippen molar-refractivity contribution in [1.29, 1.82) is 0 Å². The maximum Gasteiger partial charge on any atom is 0.144 e. The summed E-state index contributed by atoms with van der Waals surface area (Å²) in [6, 6.07) is 11.3. The van der Waals surface area contributed by atoms with Gasteiger partial charge in [0.2, 0.25) is 0 Å². The van der Waals surface area contributed by atoms with Gasteiger partial charge in [-0.2, -0.15) is 0 Å². The van der Waals surface area contributed by atoms with E-state index >= 15 is 0 Å². The molecule has 20 heavy (non-hydrogen) atoms. The van der Waals surface area contributed by atoms with E-state index in [0.717, 1.165) is 5.56 Å². The summed E-state index contributed by atoms with van der Waals surface area (Å²) in [6.45, 7) is 0.678. The number of rotatable bonds is 5. The molecule has 0 aliphatic carbocycles. The maximum atomic E-state index is 14.0. The number of halogens is 3. The lowest BCUT2D eigenvalue weighted by Crippen LogP contribution is -2.19. The Labute approximate surface area is 122 Å². The predicted octanol–water partition coefficient (Wildman–Crippen LogP) is 4.16. The van der Waals surface area contributed by atoms with Gasteiger partial charge in [0, 0.05) is 12.5 Å². The Morgan fingerprint density at radius 3 is 2.45 bits per heavy atom. The van der Waals surface area contributed by atoms with Crippen molar-refractivity contribution in [3.8, 4) is 0 Å². The second-order valence-electron chi connectivity index (χ2n) is 4.72. The molecule has 0 saturated heterocycles. The van der Waals surface area contributed by atoms with Crippen molar-refractivity contribution in [1.82, 2.24) is 5.32 Å². The van der Waals surface area contributed by atoms with Gasteiger partial charge in [-0.15, -0.1) is 0 Å². The molecule has 1 atom stereocenters. The summed E-state index contributed by atoms with van der Waals surface area (Å²) in [5.74, 6) is -0.586. The summed E-state index contributed by atoms with van der Waals surface area (Å²) in [7, 11) is 1.84. The molecule has 0 saturated carbocycles. The first-order valence-corrected chi connectivity index (χ1v) is 6.82. The van der Waals surface area contributed by atoms with Crippen LogP contribution in [0.4, 0.5) is 8.78 Å². The molecule has 0 aliphatic rings. The molecule has 0 fully saturated rings. The summed E-state index contributed by atoms with van der Waals surface area (Å²) in [5.41, 5.74) is 1.54. The minimum Gasteiger partial charge on any atom is -0.319 e. The van der Waals surface area contributed by atoms with E-state index < -0.39 is 0 Å². The smallest absolute Gasteiger partial charge is 0.144 e. The molecule has 106 valence electrons. The van der Waals surface area contributed by atoms with E-state index in [1.165, 1.54) is 18.2 Å². The van der Waals surface area contributed by atoms with Crippen LogP contribution in [0.15, 0.2) is 42.5 Å². The molecular formula is C16H16ClF2N. The zero-order valence-electron chi connectivity index (χ0n) is 11.2. The third kappa shape index (κ3) is 3.56. The fourth-order valence-electron chi connectivity index (χ4n) is 2.26. The van der Waals surface area contributed by atoms with Crippen LogP contribution in [0.25, 0.3) is 0 Å². The quantitative estimate of drug-likeness (QED) is 0.873. The van der Waals surface area contributed by atoms with Gasteiger partial charge in [0.1, 0.15) is 11.6 Å². The SMILES string of the molecule is CNCC(Cc1cccc(Cl)c1F)c1ccc(F)cc1. The Kier molecular flexibility index (Phi) is 5.10. The molecular weight excluding hydrogens is 280 g/mol. The molecule has 0 spiro atoms. The predicted molar refractivity (Wildman–Crippen MR) is 78.2 cm³/mol. The molecule has 1 N–H and O–H groups in total. The summed E-state index contributed by atoms with van der Waals surface area (Å²) >= 11 is 5.80. The number of benzene rings is 2. The van der Waals surface area contributed by atoms with Crippen molar-refractivity contribution in [3.05, 3.63) is 70.2 Å². The molecule has 1 nitrogen and oxygen atoms in total. The first-order valence-electron chi connectivity index (χ1n) is 6.44. The van der Waals surface area contributed by atoms with Gasteiger partial charge < -0.3 is 5.32 Å². The van der Waals surface area contributed by atoms with Crippen molar-refractivity contribution < 1.29 is 8.78 Å². The Balaban J connectivity index is 2.25. The van der Waals surface area contributed by atoms with Crippen LogP contribution < -0.4 is 5.32 Å². The number of hydrogen-bond acceptors (Lipinski definition) is 1. The molecule has 4 heteroatoms. The van der Waals surface area contributed by atoms with E-state index in [1.54, 1.807) is 24.3 Å². The molecule has 0 aliphatic heterocycles. The highest BCUT2D eigenvalue weighted by Gasteiger charge is 2.15. The van der Waals surface area contributed by atoms with E-state index in [-0.39, 0.29) is 22.6 Å². The van der Waals surface area contributed by atoms with Crippen LogP contribution in [-0.4, -0.2) is 13.6 Å². The van der Waals surface area contributed by atoms with Crippen LogP contribution in [0.5, 0.6) is 0 Å². The lowest BCUT2D eigenvalue weighted by atomic mass is 9.91. The first-order chi connectivity index (χ1) is 9.61. The Bertz CT molecular complexity index is 569. The summed E-state index contributed by atoms with van der Waals surface area (Å²) in [4.78, 5) is 0. The van der Waals surface area contributed by atoms with Crippen LogP contribution in [0.1, 0.15) is 17.0 Å². The van der Waals surface area contributed by atoms with Crippen LogP contribution in [0.3, 0.4) is 0 Å². The van der Waals surface area contributed by atoms with Gasteiger partial charge in [-0.1, -0.05) is 35.9 Å². The largest absolute Gasteiger partial charge is 0.319 e. The van der Waals surface area contributed by atoms with Crippen LogP contribution in [0.2, 0.25) is 5.02 Å². The van der Waals surface area contributed by atoms with Gasteiger partial charge in [0.25, 0.3) is 0 Å². The molecule has 0 radical (unpaired) electrons. The minimum atomic E-state index is -0.377. The normalized spacial score (nSPS) is 12.4. The third-order valence-electron chi connectivity index (χ3n) is 3.29. The van der Waals surface area contributed by atoms with E-state index in [2.05, 4.69) is 5.32 Å². The molecule has 0 aromatic heterocycles. The highest BCUT2D eigenvalue weighted by molar-refractivity contribution is 6.30. The zero-order chi connectivity index (χ0) is 14.5. The molecule has 0 bridgehead atoms. The summed E-state index contributed by atoms with van der Waals surface area (Å²) in [5, 5.41) is 3.22. The number of nitrogens with one attached hydrogen (secondary N) is 1. The average Bonchev–Trinajstić information content (AvgIpc) is 2.44. The zero-order valence-corrected chi connectivity index (χ0v) is 11.9. The van der Waals surface area contributed by atoms with E-state index in [4.69, 9.17) is 11.6 Å². The highest BCUT2D eigenvalue weighted by atomic mass is 35.5. The Morgan fingerprint density at radius 2 is 1.80 bits per heavy atom. The monoisotopic (exact) mass is 295 g/mol. The molecule has 2 rings (SSSR count). The first kappa shape index (κ1) is 14.9. The van der Waals surface area contributed by atoms with Crippen LogP contribution in [0, 0.1) is 11.6 Å². The summed E-state index contributed by atoms with van der Waals surface area (Å²) < 4.78 is 27.0. The second kappa shape index (κ2) is 6.82. The lowest BCUT2D eigenvalue weighted by molar-refractivity contribution is 0.573. The maximum absolute atomic E-state index is 14.0. The Morgan fingerprint density at radius 1 is 1.10 bits per heavy atom. The van der Waals surface area contributed by atoms with Gasteiger partial charge in [-0.3, -0.25) is 0 Å². The fourth-order valence-corrected chi connectivity index (χ4v) is 2.45. The minimum absolute atomic E-state index is 0.0635. The number of hydrogen-bond donors (Lipinski definition) is 1. The highest BCUT2D eigenvalue weighted by Crippen LogP contribution is 2.25. The van der Waals surface area contributed by atoms with E-state index in [9.17, 15) is 8.78 Å².